The average Bonchev–Trinajstić information content (AvgIpc) is 2.89. The Balaban J connectivity index is 1.57. The molecule has 3 aromatic carbocycles. The lowest BCUT2D eigenvalue weighted by Gasteiger charge is -2.12. The first-order chi connectivity index (χ1) is 16.5. The van der Waals surface area contributed by atoms with Gasteiger partial charge in [0.05, 0.1) is 11.8 Å². The molecule has 0 radical (unpaired) electrons. The van der Waals surface area contributed by atoms with Crippen molar-refractivity contribution in [3.8, 4) is 11.1 Å². The molecule has 0 saturated heterocycles. The lowest BCUT2D eigenvalue weighted by Crippen LogP contribution is -2.08. The number of nitrogens with two attached hydrogens (primary N) is 1. The van der Waals surface area contributed by atoms with Crippen LogP contribution in [0.25, 0.3) is 11.1 Å². The number of hydrogen-bond acceptors (Lipinski definition) is 5. The molecule has 0 saturated carbocycles. The van der Waals surface area contributed by atoms with Gasteiger partial charge in [-0.3, -0.25) is 9.78 Å². The molecule has 4 aromatic rings. The zero-order chi connectivity index (χ0) is 23.9. The maximum atomic E-state index is 13.9. The summed E-state index contributed by atoms with van der Waals surface area (Å²) in [6, 6.07) is 23.1. The number of rotatable bonds is 8. The summed E-state index contributed by atoms with van der Waals surface area (Å²) in [6.07, 6.45) is 2.46. The SMILES string of the molecule is NCc1ccc(C(=O)Cc2ccncc2F)cc1-c1cccc(C(=O)OCc2ccccc2)c1. The van der Waals surface area contributed by atoms with Crippen molar-refractivity contribution in [1.82, 2.24) is 4.98 Å². The van der Waals surface area contributed by atoms with Gasteiger partial charge in [-0.25, -0.2) is 9.18 Å². The van der Waals surface area contributed by atoms with Crippen LogP contribution in [0.4, 0.5) is 4.39 Å². The Kier molecular flexibility index (Phi) is 7.20. The second kappa shape index (κ2) is 10.6. The topological polar surface area (TPSA) is 82.3 Å². The monoisotopic (exact) mass is 454 g/mol. The van der Waals surface area contributed by atoms with Crippen LogP contribution in [0.15, 0.2) is 91.3 Å². The van der Waals surface area contributed by atoms with Gasteiger partial charge in [0.1, 0.15) is 12.4 Å². The average molecular weight is 455 g/mol. The van der Waals surface area contributed by atoms with Gasteiger partial charge in [-0.2, -0.15) is 0 Å². The fourth-order valence-corrected chi connectivity index (χ4v) is 3.64. The van der Waals surface area contributed by atoms with E-state index in [0.29, 0.717) is 11.1 Å². The molecule has 0 fully saturated rings. The van der Waals surface area contributed by atoms with Crippen molar-refractivity contribution in [2.75, 3.05) is 0 Å². The Labute approximate surface area is 197 Å². The van der Waals surface area contributed by atoms with E-state index in [1.807, 2.05) is 36.4 Å². The predicted molar refractivity (Wildman–Crippen MR) is 128 cm³/mol. The lowest BCUT2D eigenvalue weighted by molar-refractivity contribution is 0.0472. The van der Waals surface area contributed by atoms with Crippen LogP contribution in [-0.4, -0.2) is 16.7 Å². The molecule has 170 valence electrons. The summed E-state index contributed by atoms with van der Waals surface area (Å²) in [4.78, 5) is 29.2. The number of pyridine rings is 1. The van der Waals surface area contributed by atoms with Crippen LogP contribution in [0.1, 0.15) is 37.4 Å². The number of halogens is 1. The molecule has 4 rings (SSSR count). The van der Waals surface area contributed by atoms with Gasteiger partial charge in [0.2, 0.25) is 0 Å². The number of aromatic nitrogens is 1. The zero-order valence-electron chi connectivity index (χ0n) is 18.4. The van der Waals surface area contributed by atoms with Gasteiger partial charge >= 0.3 is 5.97 Å². The van der Waals surface area contributed by atoms with E-state index in [1.54, 1.807) is 36.4 Å². The third-order valence-corrected chi connectivity index (χ3v) is 5.48. The molecule has 0 spiro atoms. The Bertz CT molecular complexity index is 1320. The fraction of sp³-hybridized carbons (Fsp3) is 0.107. The summed E-state index contributed by atoms with van der Waals surface area (Å²) in [5.41, 5.74) is 10.2. The van der Waals surface area contributed by atoms with Crippen LogP contribution in [-0.2, 0) is 24.3 Å². The molecule has 0 atom stereocenters. The van der Waals surface area contributed by atoms with E-state index < -0.39 is 11.8 Å². The quantitative estimate of drug-likeness (QED) is 0.295. The molecule has 0 aliphatic carbocycles. The lowest BCUT2D eigenvalue weighted by atomic mass is 9.93. The molecule has 5 nitrogen and oxygen atoms in total. The van der Waals surface area contributed by atoms with Crippen molar-refractivity contribution in [1.29, 1.82) is 0 Å². The largest absolute Gasteiger partial charge is 0.457 e. The van der Waals surface area contributed by atoms with Gasteiger partial charge in [-0.15, -0.1) is 0 Å². The van der Waals surface area contributed by atoms with Gasteiger partial charge < -0.3 is 10.5 Å². The molecule has 1 heterocycles. The highest BCUT2D eigenvalue weighted by atomic mass is 19.1. The summed E-state index contributed by atoms with van der Waals surface area (Å²) in [7, 11) is 0. The number of hydrogen-bond donors (Lipinski definition) is 1. The molecule has 1 aromatic heterocycles. The molecule has 6 heteroatoms. The van der Waals surface area contributed by atoms with Gasteiger partial charge in [-0.05, 0) is 52.1 Å². The Morgan fingerprint density at radius 3 is 2.47 bits per heavy atom. The fourth-order valence-electron chi connectivity index (χ4n) is 3.64. The maximum absolute atomic E-state index is 13.9. The third kappa shape index (κ3) is 5.42. The highest BCUT2D eigenvalue weighted by Gasteiger charge is 2.15. The zero-order valence-corrected chi connectivity index (χ0v) is 18.4. The standard InChI is InChI=1S/C28H23FN2O3/c29-26-17-31-12-11-21(26)15-27(32)22-9-10-24(16-30)25(14-22)20-7-4-8-23(13-20)28(33)34-18-19-5-2-1-3-6-19/h1-14,17H,15-16,18,30H2. The van der Waals surface area contributed by atoms with Crippen LogP contribution in [0.3, 0.4) is 0 Å². The highest BCUT2D eigenvalue weighted by molar-refractivity contribution is 5.99. The van der Waals surface area contributed by atoms with Gasteiger partial charge in [-0.1, -0.05) is 54.6 Å². The van der Waals surface area contributed by atoms with E-state index in [0.717, 1.165) is 28.5 Å². The van der Waals surface area contributed by atoms with E-state index >= 15 is 0 Å². The van der Waals surface area contributed by atoms with Crippen molar-refractivity contribution in [2.45, 2.75) is 19.6 Å². The number of Topliss-reactive ketones (excluding diaryl/α,β-unsaturated/α-hetero) is 1. The molecule has 34 heavy (non-hydrogen) atoms. The van der Waals surface area contributed by atoms with E-state index in [4.69, 9.17) is 10.5 Å². The van der Waals surface area contributed by atoms with E-state index in [9.17, 15) is 14.0 Å². The summed E-state index contributed by atoms with van der Waals surface area (Å²) in [5.74, 6) is -1.19. The Morgan fingerprint density at radius 1 is 0.882 bits per heavy atom. The minimum atomic E-state index is -0.517. The number of ether oxygens (including phenoxy) is 1. The van der Waals surface area contributed by atoms with E-state index in [2.05, 4.69) is 4.98 Å². The number of carbonyl (C=O) groups excluding carboxylic acids is 2. The molecular formula is C28H23FN2O3. The second-order valence-electron chi connectivity index (χ2n) is 7.79. The van der Waals surface area contributed by atoms with Crippen molar-refractivity contribution in [3.63, 3.8) is 0 Å². The van der Waals surface area contributed by atoms with Crippen LogP contribution >= 0.6 is 0 Å². The molecule has 0 bridgehead atoms. The predicted octanol–water partition coefficient (Wildman–Crippen LogP) is 5.13. The highest BCUT2D eigenvalue weighted by Crippen LogP contribution is 2.27. The number of benzene rings is 3. The third-order valence-electron chi connectivity index (χ3n) is 5.48. The normalized spacial score (nSPS) is 10.6. The van der Waals surface area contributed by atoms with E-state index in [-0.39, 0.29) is 30.9 Å². The minimum Gasteiger partial charge on any atom is -0.457 e. The summed E-state index contributed by atoms with van der Waals surface area (Å²) < 4.78 is 19.4. The van der Waals surface area contributed by atoms with Crippen molar-refractivity contribution < 1.29 is 18.7 Å². The molecule has 0 aliphatic rings. The van der Waals surface area contributed by atoms with Gasteiger partial charge in [0.25, 0.3) is 0 Å². The van der Waals surface area contributed by atoms with Crippen LogP contribution < -0.4 is 5.73 Å². The molecule has 0 unspecified atom stereocenters. The van der Waals surface area contributed by atoms with E-state index in [1.165, 1.54) is 12.3 Å². The van der Waals surface area contributed by atoms with Crippen LogP contribution in [0, 0.1) is 5.82 Å². The molecular weight excluding hydrogens is 431 g/mol. The Morgan fingerprint density at radius 2 is 1.71 bits per heavy atom. The Hall–Kier alpha value is -4.16. The molecule has 0 aliphatic heterocycles. The van der Waals surface area contributed by atoms with Crippen LogP contribution in [0.2, 0.25) is 0 Å². The van der Waals surface area contributed by atoms with Crippen molar-refractivity contribution in [3.05, 3.63) is 125 Å². The summed E-state index contributed by atoms with van der Waals surface area (Å²) in [5, 5.41) is 0. The van der Waals surface area contributed by atoms with Crippen LogP contribution in [0.5, 0.6) is 0 Å². The smallest absolute Gasteiger partial charge is 0.338 e. The van der Waals surface area contributed by atoms with Crippen molar-refractivity contribution >= 4 is 11.8 Å². The summed E-state index contributed by atoms with van der Waals surface area (Å²) in [6.45, 7) is 0.430. The first kappa shape index (κ1) is 23.0. The first-order valence-corrected chi connectivity index (χ1v) is 10.8. The minimum absolute atomic E-state index is 0.0817. The molecule has 0 amide bonds. The van der Waals surface area contributed by atoms with Gasteiger partial charge in [0.15, 0.2) is 5.78 Å². The first-order valence-electron chi connectivity index (χ1n) is 10.8. The number of nitrogens with zero attached hydrogens (tertiary/aromatic N) is 1. The number of ketones is 1. The maximum Gasteiger partial charge on any atom is 0.338 e. The number of esters is 1. The summed E-state index contributed by atoms with van der Waals surface area (Å²) >= 11 is 0. The number of carbonyl (C=O) groups is 2. The van der Waals surface area contributed by atoms with Gasteiger partial charge in [0, 0.05) is 24.7 Å². The molecule has 2 N–H and O–H groups in total. The van der Waals surface area contributed by atoms with Crippen molar-refractivity contribution in [2.24, 2.45) is 5.73 Å². The second-order valence-corrected chi connectivity index (χ2v) is 7.79.